The van der Waals surface area contributed by atoms with Crippen LogP contribution in [0.1, 0.15) is 103 Å². The van der Waals surface area contributed by atoms with Gasteiger partial charge in [0.25, 0.3) is 0 Å². The van der Waals surface area contributed by atoms with Crippen LogP contribution in [0, 0.1) is 10.8 Å². The van der Waals surface area contributed by atoms with Gasteiger partial charge in [-0.1, -0.05) is 53.1 Å². The average molecular weight is 636 g/mol. The molecule has 3 N–H and O–H groups in total. The molecule has 10 nitrogen and oxygen atoms in total. The van der Waals surface area contributed by atoms with Gasteiger partial charge in [-0.15, -0.1) is 0 Å². The Hall–Kier alpha value is -2.27. The quantitative estimate of drug-likeness (QED) is 0.189. The van der Waals surface area contributed by atoms with Crippen LogP contribution in [-0.2, 0) is 9.47 Å². The second-order valence-electron chi connectivity index (χ2n) is 13.2. The van der Waals surface area contributed by atoms with Gasteiger partial charge in [-0.25, -0.2) is 29.5 Å². The van der Waals surface area contributed by atoms with Crippen molar-refractivity contribution in [3.8, 4) is 0 Å². The summed E-state index contributed by atoms with van der Waals surface area (Å²) in [5.74, 6) is -0.619. The first kappa shape index (κ1) is 38.7. The highest BCUT2D eigenvalue weighted by molar-refractivity contribution is 6.32. The first-order chi connectivity index (χ1) is 18.4. The van der Waals surface area contributed by atoms with Crippen molar-refractivity contribution < 1.29 is 19.1 Å². The number of aromatic nitrogens is 4. The maximum atomic E-state index is 11.5. The predicted molar refractivity (Wildman–Crippen MR) is 166 cm³/mol. The maximum absolute atomic E-state index is 11.5. The van der Waals surface area contributed by atoms with E-state index in [1.807, 2.05) is 0 Å². The molecule has 13 heteroatoms. The highest BCUT2D eigenvalue weighted by atomic mass is 35.5. The maximum Gasteiger partial charge on any atom is 0.356 e. The molecule has 2 aromatic rings. The molecule has 2 rings (SSSR count). The molecule has 0 radical (unpaired) electrons. The third-order valence-electron chi connectivity index (χ3n) is 4.58. The third-order valence-corrected chi connectivity index (χ3v) is 5.11. The molecule has 2 aromatic heterocycles. The second-order valence-corrected chi connectivity index (χ2v) is 14.3. The lowest BCUT2D eigenvalue weighted by molar-refractivity contribution is 0.0585. The van der Waals surface area contributed by atoms with Crippen molar-refractivity contribution in [3.63, 3.8) is 0 Å². The molecule has 41 heavy (non-hydrogen) atoms. The third kappa shape index (κ3) is 18.7. The van der Waals surface area contributed by atoms with E-state index in [0.717, 1.165) is 12.8 Å². The lowest BCUT2D eigenvalue weighted by atomic mass is 9.82. The van der Waals surface area contributed by atoms with E-state index in [9.17, 15) is 9.59 Å². The topological polar surface area (TPSA) is 142 Å². The van der Waals surface area contributed by atoms with Gasteiger partial charge >= 0.3 is 11.9 Å². The van der Waals surface area contributed by atoms with Crippen LogP contribution in [0.5, 0.6) is 0 Å². The standard InChI is InChI=1S/C14H22ClN3O2.C8H19N.C6H4Cl2N2O2/c1-13(2,3)8-14(4,5)18-10-7-9(11(19)20-6)16-12(15)17-10;1-7(2,3)6-8(4,5)9;1-12-5(11)3-2-4(7)10-6(8)9-3/h7H,8H2,1-6H3,(H,16,17,18);6,9H2,1-5H3;2H,1H3. The summed E-state index contributed by atoms with van der Waals surface area (Å²) in [7, 11) is 2.54. The number of carbonyl (C=O) groups excluding carboxylic acids is 2. The van der Waals surface area contributed by atoms with Crippen molar-refractivity contribution in [1.29, 1.82) is 0 Å². The van der Waals surface area contributed by atoms with Crippen molar-refractivity contribution in [1.82, 2.24) is 19.9 Å². The molecule has 0 saturated carbocycles. The predicted octanol–water partition coefficient (Wildman–Crippen LogP) is 7.27. The minimum atomic E-state index is -0.596. The largest absolute Gasteiger partial charge is 0.464 e. The summed E-state index contributed by atoms with van der Waals surface area (Å²) in [5.41, 5.74) is 6.32. The number of nitrogens with zero attached hydrogens (tertiary/aromatic N) is 4. The molecular weight excluding hydrogens is 591 g/mol. The zero-order valence-electron chi connectivity index (χ0n) is 26.2. The molecule has 0 unspecified atom stereocenters. The minimum Gasteiger partial charge on any atom is -0.464 e. The minimum absolute atomic E-state index is 0.0156. The molecule has 0 aromatic carbocycles. The molecule has 0 bridgehead atoms. The number of nitrogens with two attached hydrogens (primary N) is 1. The molecule has 0 spiro atoms. The number of anilines is 1. The summed E-state index contributed by atoms with van der Waals surface area (Å²) in [4.78, 5) is 37.5. The fourth-order valence-electron chi connectivity index (χ4n) is 4.37. The smallest absolute Gasteiger partial charge is 0.356 e. The molecule has 0 atom stereocenters. The molecule has 232 valence electrons. The number of halogens is 3. The first-order valence-corrected chi connectivity index (χ1v) is 14.0. The molecule has 2 heterocycles. The van der Waals surface area contributed by atoms with Crippen LogP contribution in [0.2, 0.25) is 15.7 Å². The molecule has 0 aliphatic rings. The van der Waals surface area contributed by atoms with Gasteiger partial charge in [-0.05, 0) is 74.6 Å². The van der Waals surface area contributed by atoms with E-state index in [1.165, 1.54) is 20.3 Å². The zero-order chi connectivity index (χ0) is 32.4. The molecule has 0 saturated heterocycles. The van der Waals surface area contributed by atoms with Crippen LogP contribution in [0.15, 0.2) is 12.1 Å². The fraction of sp³-hybridized carbons (Fsp3) is 0.643. The highest BCUT2D eigenvalue weighted by Crippen LogP contribution is 2.29. The van der Waals surface area contributed by atoms with Crippen LogP contribution in [0.3, 0.4) is 0 Å². The van der Waals surface area contributed by atoms with Crippen LogP contribution in [0.25, 0.3) is 0 Å². The van der Waals surface area contributed by atoms with E-state index in [4.69, 9.17) is 40.5 Å². The van der Waals surface area contributed by atoms with E-state index in [1.54, 1.807) is 6.07 Å². The number of carbonyl (C=O) groups is 2. The lowest BCUT2D eigenvalue weighted by Crippen LogP contribution is -2.36. The fourth-order valence-corrected chi connectivity index (χ4v) is 4.96. The van der Waals surface area contributed by atoms with Gasteiger partial charge in [-0.2, -0.15) is 0 Å². The average Bonchev–Trinajstić information content (AvgIpc) is 2.73. The van der Waals surface area contributed by atoms with Crippen molar-refractivity contribution in [2.24, 2.45) is 16.6 Å². The van der Waals surface area contributed by atoms with E-state index >= 15 is 0 Å². The first-order valence-electron chi connectivity index (χ1n) is 12.8. The zero-order valence-corrected chi connectivity index (χ0v) is 28.5. The normalized spacial score (nSPS) is 11.8. The summed E-state index contributed by atoms with van der Waals surface area (Å²) >= 11 is 16.8. The molecular formula is C28H45Cl3N6O4. The van der Waals surface area contributed by atoms with Crippen molar-refractivity contribution in [3.05, 3.63) is 39.2 Å². The monoisotopic (exact) mass is 634 g/mol. The molecule has 0 aliphatic carbocycles. The van der Waals surface area contributed by atoms with Gasteiger partial charge in [0, 0.05) is 23.2 Å². The van der Waals surface area contributed by atoms with Crippen LogP contribution in [0.4, 0.5) is 5.82 Å². The summed E-state index contributed by atoms with van der Waals surface area (Å²) < 4.78 is 9.04. The van der Waals surface area contributed by atoms with E-state index < -0.39 is 11.9 Å². The van der Waals surface area contributed by atoms with Gasteiger partial charge in [0.15, 0.2) is 11.4 Å². The Kier molecular flexibility index (Phi) is 14.9. The Balaban J connectivity index is 0.000000646. The molecule has 0 amide bonds. The van der Waals surface area contributed by atoms with E-state index in [2.05, 4.69) is 104 Å². The van der Waals surface area contributed by atoms with Crippen molar-refractivity contribution >= 4 is 52.6 Å². The number of rotatable bonds is 6. The molecule has 0 fully saturated rings. The number of nitrogens with one attached hydrogen (secondary N) is 1. The number of hydrogen-bond acceptors (Lipinski definition) is 10. The van der Waals surface area contributed by atoms with E-state index in [0.29, 0.717) is 11.2 Å². The second kappa shape index (κ2) is 15.8. The number of hydrogen-bond donors (Lipinski definition) is 2. The SMILES string of the molecule is CC(C)(C)CC(C)(C)N.COC(=O)c1cc(Cl)nc(Cl)n1.COC(=O)c1cc(NC(C)(C)CC(C)(C)C)nc(Cl)n1. The Morgan fingerprint density at radius 3 is 1.49 bits per heavy atom. The summed E-state index contributed by atoms with van der Waals surface area (Å²) in [5, 5.41) is 3.33. The van der Waals surface area contributed by atoms with Gasteiger partial charge in [0.2, 0.25) is 10.6 Å². The van der Waals surface area contributed by atoms with Crippen molar-refractivity contribution in [2.45, 2.75) is 93.2 Å². The highest BCUT2D eigenvalue weighted by Gasteiger charge is 2.26. The van der Waals surface area contributed by atoms with Gasteiger partial charge < -0.3 is 20.5 Å². The van der Waals surface area contributed by atoms with Gasteiger partial charge in [0.1, 0.15) is 11.0 Å². The van der Waals surface area contributed by atoms with Gasteiger partial charge in [0.05, 0.1) is 14.2 Å². The summed E-state index contributed by atoms with van der Waals surface area (Å²) in [6.07, 6.45) is 2.00. The number of esters is 2. The Morgan fingerprint density at radius 1 is 0.732 bits per heavy atom. The number of ether oxygens (including phenoxy) is 2. The van der Waals surface area contributed by atoms with Gasteiger partial charge in [-0.3, -0.25) is 0 Å². The Bertz CT molecular complexity index is 1120. The lowest BCUT2D eigenvalue weighted by Gasteiger charge is -2.33. The number of methoxy groups -OCH3 is 2. The Labute approximate surface area is 259 Å². The van der Waals surface area contributed by atoms with Crippen LogP contribution >= 0.6 is 34.8 Å². The summed E-state index contributed by atoms with van der Waals surface area (Å²) in [6.45, 7) is 21.4. The molecule has 0 aliphatic heterocycles. The summed E-state index contributed by atoms with van der Waals surface area (Å²) in [6, 6.07) is 2.82. The van der Waals surface area contributed by atoms with Crippen LogP contribution < -0.4 is 11.1 Å². The van der Waals surface area contributed by atoms with E-state index in [-0.39, 0.29) is 43.6 Å². The Morgan fingerprint density at radius 2 is 1.15 bits per heavy atom. The van der Waals surface area contributed by atoms with Crippen LogP contribution in [-0.4, -0.2) is 57.2 Å². The van der Waals surface area contributed by atoms with Crippen molar-refractivity contribution in [2.75, 3.05) is 19.5 Å².